The molecule has 0 aliphatic carbocycles. The van der Waals surface area contributed by atoms with Gasteiger partial charge in [-0.1, -0.05) is 12.1 Å². The van der Waals surface area contributed by atoms with Crippen molar-refractivity contribution in [2.45, 2.75) is 13.8 Å². The number of amides is 1. The molecule has 2 nitrogen and oxygen atoms in total. The lowest BCUT2D eigenvalue weighted by atomic mass is 10.0. The summed E-state index contributed by atoms with van der Waals surface area (Å²) in [7, 11) is 0. The highest BCUT2D eigenvalue weighted by molar-refractivity contribution is 7.12. The van der Waals surface area contributed by atoms with E-state index in [0.717, 1.165) is 27.3 Å². The number of benzene rings is 1. The molecule has 2 aromatic rings. The van der Waals surface area contributed by atoms with Gasteiger partial charge in [0.2, 0.25) is 0 Å². The Labute approximate surface area is 110 Å². The Bertz CT molecular complexity index is 667. The first-order chi connectivity index (χ1) is 8.65. The summed E-state index contributed by atoms with van der Waals surface area (Å²) in [6.07, 6.45) is 1.98. The van der Waals surface area contributed by atoms with Crippen molar-refractivity contribution in [3.8, 4) is 0 Å². The minimum absolute atomic E-state index is 0.00893. The molecule has 0 saturated carbocycles. The summed E-state index contributed by atoms with van der Waals surface area (Å²) >= 11 is 1.70. The van der Waals surface area contributed by atoms with Crippen LogP contribution in [0.1, 0.15) is 20.9 Å². The molecule has 1 aliphatic rings. The Balaban J connectivity index is 2.14. The van der Waals surface area contributed by atoms with Crippen LogP contribution in [0.3, 0.4) is 0 Å². The van der Waals surface area contributed by atoms with Crippen LogP contribution in [0.2, 0.25) is 0 Å². The third-order valence-electron chi connectivity index (χ3n) is 3.08. The van der Waals surface area contributed by atoms with E-state index < -0.39 is 0 Å². The van der Waals surface area contributed by atoms with Gasteiger partial charge in [0.15, 0.2) is 0 Å². The molecule has 2 heterocycles. The van der Waals surface area contributed by atoms with E-state index in [1.165, 1.54) is 4.88 Å². The van der Waals surface area contributed by atoms with Gasteiger partial charge in [0.1, 0.15) is 0 Å². The molecule has 1 aromatic heterocycles. The van der Waals surface area contributed by atoms with E-state index in [4.69, 9.17) is 0 Å². The second-order valence-corrected chi connectivity index (χ2v) is 5.78. The molecule has 0 atom stereocenters. The maximum Gasteiger partial charge on any atom is 0.256 e. The van der Waals surface area contributed by atoms with Crippen molar-refractivity contribution in [2.24, 2.45) is 0 Å². The Morgan fingerprint density at radius 2 is 2.00 bits per heavy atom. The van der Waals surface area contributed by atoms with Gasteiger partial charge < -0.3 is 5.32 Å². The van der Waals surface area contributed by atoms with E-state index in [1.54, 1.807) is 11.3 Å². The van der Waals surface area contributed by atoms with Crippen LogP contribution < -0.4 is 5.32 Å². The number of rotatable bonds is 1. The summed E-state index contributed by atoms with van der Waals surface area (Å²) in [5, 5.41) is 2.91. The minimum Gasteiger partial charge on any atom is -0.321 e. The lowest BCUT2D eigenvalue weighted by Gasteiger charge is -2.02. The van der Waals surface area contributed by atoms with Crippen molar-refractivity contribution in [1.29, 1.82) is 0 Å². The van der Waals surface area contributed by atoms with E-state index in [9.17, 15) is 4.79 Å². The quantitative estimate of drug-likeness (QED) is 0.770. The molecule has 1 N–H and O–H groups in total. The Morgan fingerprint density at radius 3 is 2.72 bits per heavy atom. The number of anilines is 1. The topological polar surface area (TPSA) is 29.1 Å². The fourth-order valence-electron chi connectivity index (χ4n) is 2.24. The molecule has 90 valence electrons. The van der Waals surface area contributed by atoms with Crippen LogP contribution >= 0.6 is 11.3 Å². The summed E-state index contributed by atoms with van der Waals surface area (Å²) in [6.45, 7) is 4.10. The first-order valence-electron chi connectivity index (χ1n) is 5.84. The molecule has 3 heteroatoms. The molecule has 18 heavy (non-hydrogen) atoms. The summed E-state index contributed by atoms with van der Waals surface area (Å²) in [6, 6.07) is 10.1. The van der Waals surface area contributed by atoms with E-state index in [2.05, 4.69) is 24.4 Å². The molecule has 0 saturated heterocycles. The summed E-state index contributed by atoms with van der Waals surface area (Å²) in [5.41, 5.74) is 3.85. The van der Waals surface area contributed by atoms with Crippen LogP contribution in [0.4, 0.5) is 5.69 Å². The van der Waals surface area contributed by atoms with E-state index in [1.807, 2.05) is 31.2 Å². The second-order valence-electron chi connectivity index (χ2n) is 4.46. The fourth-order valence-corrected chi connectivity index (χ4v) is 3.06. The van der Waals surface area contributed by atoms with Crippen LogP contribution in [0, 0.1) is 13.8 Å². The maximum absolute atomic E-state index is 12.0. The van der Waals surface area contributed by atoms with Crippen molar-refractivity contribution in [3.05, 3.63) is 51.2 Å². The average Bonchev–Trinajstić information content (AvgIpc) is 2.85. The molecule has 1 aromatic carbocycles. The van der Waals surface area contributed by atoms with Crippen LogP contribution in [-0.4, -0.2) is 5.91 Å². The Hall–Kier alpha value is -1.87. The van der Waals surface area contributed by atoms with E-state index in [0.29, 0.717) is 0 Å². The molecule has 0 bridgehead atoms. The lowest BCUT2D eigenvalue weighted by molar-refractivity contribution is -0.110. The lowest BCUT2D eigenvalue weighted by Crippen LogP contribution is -2.03. The van der Waals surface area contributed by atoms with Gasteiger partial charge in [0.25, 0.3) is 5.91 Å². The van der Waals surface area contributed by atoms with Crippen LogP contribution in [0.15, 0.2) is 30.3 Å². The van der Waals surface area contributed by atoms with Gasteiger partial charge in [0.05, 0.1) is 5.57 Å². The molecule has 0 radical (unpaired) electrons. The number of hydrogen-bond donors (Lipinski definition) is 1. The van der Waals surface area contributed by atoms with Gasteiger partial charge in [-0.05, 0) is 43.7 Å². The van der Waals surface area contributed by atoms with Gasteiger partial charge in [-0.25, -0.2) is 0 Å². The molecular weight excluding hydrogens is 242 g/mol. The SMILES string of the molecule is Cc1ccc(/C=C2\C(=O)Nc3cccc(C)c32)s1. The first-order valence-corrected chi connectivity index (χ1v) is 6.66. The van der Waals surface area contributed by atoms with Gasteiger partial charge in [-0.2, -0.15) is 0 Å². The molecule has 3 rings (SSSR count). The zero-order valence-corrected chi connectivity index (χ0v) is 11.1. The number of hydrogen-bond acceptors (Lipinski definition) is 2. The van der Waals surface area contributed by atoms with Gasteiger partial charge in [-0.3, -0.25) is 4.79 Å². The van der Waals surface area contributed by atoms with E-state index >= 15 is 0 Å². The Morgan fingerprint density at radius 1 is 1.17 bits per heavy atom. The minimum atomic E-state index is -0.00893. The first kappa shape index (κ1) is 11.2. The number of carbonyl (C=O) groups is 1. The molecule has 1 aliphatic heterocycles. The van der Waals surface area contributed by atoms with Crippen molar-refractivity contribution >= 4 is 34.6 Å². The molecule has 1 amide bonds. The van der Waals surface area contributed by atoms with Crippen molar-refractivity contribution in [3.63, 3.8) is 0 Å². The normalized spacial score (nSPS) is 15.9. The Kier molecular flexibility index (Phi) is 2.56. The van der Waals surface area contributed by atoms with Gasteiger partial charge in [0, 0.05) is 21.0 Å². The smallest absolute Gasteiger partial charge is 0.256 e. The molecule has 0 unspecified atom stereocenters. The fraction of sp³-hybridized carbons (Fsp3) is 0.133. The highest BCUT2D eigenvalue weighted by atomic mass is 32.1. The highest BCUT2D eigenvalue weighted by Gasteiger charge is 2.25. The number of aryl methyl sites for hydroxylation is 2. The maximum atomic E-state index is 12.0. The monoisotopic (exact) mass is 255 g/mol. The highest BCUT2D eigenvalue weighted by Crippen LogP contribution is 2.36. The largest absolute Gasteiger partial charge is 0.321 e. The number of thiophene rings is 1. The molecular formula is C15H13NOS. The second kappa shape index (κ2) is 4.10. The summed E-state index contributed by atoms with van der Waals surface area (Å²) in [4.78, 5) is 14.4. The zero-order chi connectivity index (χ0) is 12.7. The average molecular weight is 255 g/mol. The summed E-state index contributed by atoms with van der Waals surface area (Å²) in [5.74, 6) is -0.00893. The van der Waals surface area contributed by atoms with Gasteiger partial charge >= 0.3 is 0 Å². The van der Waals surface area contributed by atoms with Crippen molar-refractivity contribution in [2.75, 3.05) is 5.32 Å². The van der Waals surface area contributed by atoms with Crippen LogP contribution in [0.5, 0.6) is 0 Å². The number of fused-ring (bicyclic) bond motifs is 1. The van der Waals surface area contributed by atoms with E-state index in [-0.39, 0.29) is 5.91 Å². The number of carbonyl (C=O) groups excluding carboxylic acids is 1. The predicted molar refractivity (Wildman–Crippen MR) is 76.7 cm³/mol. The van der Waals surface area contributed by atoms with Gasteiger partial charge in [-0.15, -0.1) is 11.3 Å². The molecule has 0 fully saturated rings. The summed E-state index contributed by atoms with van der Waals surface area (Å²) < 4.78 is 0. The zero-order valence-electron chi connectivity index (χ0n) is 10.3. The third kappa shape index (κ3) is 1.77. The molecule has 0 spiro atoms. The predicted octanol–water partition coefficient (Wildman–Crippen LogP) is 3.86. The third-order valence-corrected chi connectivity index (χ3v) is 4.03. The van der Waals surface area contributed by atoms with Crippen molar-refractivity contribution < 1.29 is 4.79 Å². The number of nitrogens with one attached hydrogen (secondary N) is 1. The standard InChI is InChI=1S/C15H13NOS/c1-9-4-3-5-13-14(9)12(15(17)16-13)8-11-7-6-10(2)18-11/h3-8H,1-2H3,(H,16,17)/b12-8-. The van der Waals surface area contributed by atoms with Crippen molar-refractivity contribution in [1.82, 2.24) is 0 Å². The van der Waals surface area contributed by atoms with Crippen LogP contribution in [-0.2, 0) is 4.79 Å². The van der Waals surface area contributed by atoms with Crippen LogP contribution in [0.25, 0.3) is 11.6 Å².